The number of sulfonamides is 1. The second-order valence-corrected chi connectivity index (χ2v) is 10.9. The summed E-state index contributed by atoms with van der Waals surface area (Å²) >= 11 is 0. The largest absolute Gasteiger partial charge is 0.340 e. The standard InChI is InChI=1S/C26H34FN7O2S.ClH/c27-20-4-6-22(7-5-20)32-26-30-18-14-25(33-26)31-21-8-10-24(11-9-21)37(35,36)34(19-3-1-2-15-28)23-12-16-29-17-13-23;/h4-11,14,18,23,29H,1-3,12-13,15-17,19,28H2,(H2,30,31,32,33);1H. The van der Waals surface area contributed by atoms with Crippen LogP contribution in [0.2, 0.25) is 0 Å². The van der Waals surface area contributed by atoms with Gasteiger partial charge in [0.2, 0.25) is 16.0 Å². The van der Waals surface area contributed by atoms with Gasteiger partial charge < -0.3 is 21.7 Å². The summed E-state index contributed by atoms with van der Waals surface area (Å²) in [5.41, 5.74) is 6.97. The summed E-state index contributed by atoms with van der Waals surface area (Å²) in [6, 6.07) is 14.3. The maximum Gasteiger partial charge on any atom is 0.243 e. The molecule has 0 aliphatic carbocycles. The number of aromatic nitrogens is 2. The topological polar surface area (TPSA) is 125 Å². The lowest BCUT2D eigenvalue weighted by Gasteiger charge is -2.34. The van der Waals surface area contributed by atoms with Crippen LogP contribution in [0.1, 0.15) is 32.1 Å². The molecule has 206 valence electrons. The van der Waals surface area contributed by atoms with Crippen molar-refractivity contribution in [3.63, 3.8) is 0 Å². The van der Waals surface area contributed by atoms with Crippen LogP contribution in [-0.2, 0) is 10.0 Å². The molecule has 0 atom stereocenters. The number of rotatable bonds is 12. The summed E-state index contributed by atoms with van der Waals surface area (Å²) in [6.45, 7) is 2.75. The van der Waals surface area contributed by atoms with Crippen molar-refractivity contribution in [3.05, 3.63) is 66.6 Å². The first-order valence-electron chi connectivity index (χ1n) is 12.6. The first-order chi connectivity index (χ1) is 18.0. The van der Waals surface area contributed by atoms with E-state index < -0.39 is 10.0 Å². The van der Waals surface area contributed by atoms with Crippen LogP contribution in [-0.4, -0.2) is 54.9 Å². The van der Waals surface area contributed by atoms with Crippen LogP contribution in [0.15, 0.2) is 65.7 Å². The lowest BCUT2D eigenvalue weighted by atomic mass is 10.1. The predicted molar refractivity (Wildman–Crippen MR) is 151 cm³/mol. The molecule has 12 heteroatoms. The quantitative estimate of drug-likeness (QED) is 0.239. The third-order valence-electron chi connectivity index (χ3n) is 6.29. The molecule has 1 fully saturated rings. The van der Waals surface area contributed by atoms with Gasteiger partial charge >= 0.3 is 0 Å². The normalized spacial score (nSPS) is 14.2. The van der Waals surface area contributed by atoms with Gasteiger partial charge in [0.15, 0.2) is 0 Å². The van der Waals surface area contributed by atoms with Gasteiger partial charge in [0, 0.05) is 30.2 Å². The Labute approximate surface area is 229 Å². The highest BCUT2D eigenvalue weighted by Crippen LogP contribution is 2.26. The van der Waals surface area contributed by atoms with Gasteiger partial charge in [-0.1, -0.05) is 6.42 Å². The molecule has 0 unspecified atom stereocenters. The summed E-state index contributed by atoms with van der Waals surface area (Å²) in [4.78, 5) is 8.89. The van der Waals surface area contributed by atoms with E-state index in [1.165, 1.54) is 12.1 Å². The number of hydrogen-bond donors (Lipinski definition) is 4. The molecule has 1 aromatic heterocycles. The Bertz CT molecular complexity index is 1240. The van der Waals surface area contributed by atoms with Crippen molar-refractivity contribution < 1.29 is 12.8 Å². The van der Waals surface area contributed by atoms with Crippen molar-refractivity contribution in [2.75, 3.05) is 36.8 Å². The third-order valence-corrected chi connectivity index (χ3v) is 8.25. The smallest absolute Gasteiger partial charge is 0.243 e. The molecule has 0 amide bonds. The molecule has 2 aromatic carbocycles. The van der Waals surface area contributed by atoms with Crippen molar-refractivity contribution in [2.45, 2.75) is 43.0 Å². The Morgan fingerprint density at radius 1 is 0.947 bits per heavy atom. The van der Waals surface area contributed by atoms with Crippen molar-refractivity contribution in [1.29, 1.82) is 0 Å². The highest BCUT2D eigenvalue weighted by atomic mass is 35.5. The van der Waals surface area contributed by atoms with E-state index in [1.54, 1.807) is 53.0 Å². The second kappa shape index (κ2) is 14.4. The van der Waals surface area contributed by atoms with Gasteiger partial charge in [-0.2, -0.15) is 9.29 Å². The van der Waals surface area contributed by atoms with E-state index in [2.05, 4.69) is 25.9 Å². The number of anilines is 4. The number of benzene rings is 2. The maximum atomic E-state index is 13.6. The minimum absolute atomic E-state index is 0. The first kappa shape index (κ1) is 29.7. The molecular weight excluding hydrogens is 529 g/mol. The molecule has 1 aliphatic heterocycles. The van der Waals surface area contributed by atoms with Crippen LogP contribution in [0.5, 0.6) is 0 Å². The Morgan fingerprint density at radius 3 is 2.29 bits per heavy atom. The number of hydrogen-bond acceptors (Lipinski definition) is 8. The zero-order chi connectivity index (χ0) is 26.1. The SMILES string of the molecule is Cl.NCCCCCN(C1CCNCC1)S(=O)(=O)c1ccc(Nc2ccnc(Nc3ccc(F)cc3)n2)cc1. The number of nitrogens with zero attached hydrogens (tertiary/aromatic N) is 3. The van der Waals surface area contributed by atoms with Gasteiger partial charge in [0.05, 0.1) is 4.90 Å². The molecular formula is C26H35ClFN7O2S. The molecule has 5 N–H and O–H groups in total. The Kier molecular flexibility index (Phi) is 11.2. The summed E-state index contributed by atoms with van der Waals surface area (Å²) in [5, 5.41) is 9.52. The monoisotopic (exact) mass is 563 g/mol. The number of piperidine rings is 1. The summed E-state index contributed by atoms with van der Waals surface area (Å²) in [7, 11) is -3.64. The summed E-state index contributed by atoms with van der Waals surface area (Å²) in [6.07, 6.45) is 5.80. The molecule has 2 heterocycles. The fourth-order valence-electron chi connectivity index (χ4n) is 4.33. The lowest BCUT2D eigenvalue weighted by Crippen LogP contribution is -2.46. The Balaban J connectivity index is 0.00000400. The van der Waals surface area contributed by atoms with Gasteiger partial charge in [-0.3, -0.25) is 0 Å². The van der Waals surface area contributed by atoms with E-state index in [0.29, 0.717) is 36.2 Å². The van der Waals surface area contributed by atoms with Gasteiger partial charge in [-0.05, 0) is 99.9 Å². The van der Waals surface area contributed by atoms with Crippen LogP contribution < -0.4 is 21.7 Å². The lowest BCUT2D eigenvalue weighted by molar-refractivity contribution is 0.258. The van der Waals surface area contributed by atoms with Gasteiger partial charge in [-0.15, -0.1) is 12.4 Å². The van der Waals surface area contributed by atoms with E-state index >= 15 is 0 Å². The molecule has 38 heavy (non-hydrogen) atoms. The van der Waals surface area contributed by atoms with E-state index in [9.17, 15) is 12.8 Å². The molecule has 4 rings (SSSR count). The van der Waals surface area contributed by atoms with Gasteiger partial charge in [0.1, 0.15) is 11.6 Å². The zero-order valence-corrected chi connectivity index (χ0v) is 22.8. The molecule has 3 aromatic rings. The molecule has 0 bridgehead atoms. The Morgan fingerprint density at radius 2 is 1.61 bits per heavy atom. The fraction of sp³-hybridized carbons (Fsp3) is 0.385. The number of halogens is 2. The van der Waals surface area contributed by atoms with Crippen LogP contribution >= 0.6 is 12.4 Å². The van der Waals surface area contributed by atoms with Crippen LogP contribution in [0, 0.1) is 5.82 Å². The van der Waals surface area contributed by atoms with Crippen molar-refractivity contribution in [1.82, 2.24) is 19.6 Å². The molecule has 1 aliphatic rings. The molecule has 0 saturated carbocycles. The fourth-order valence-corrected chi connectivity index (χ4v) is 6.05. The van der Waals surface area contributed by atoms with Crippen LogP contribution in [0.4, 0.5) is 27.5 Å². The van der Waals surface area contributed by atoms with Crippen LogP contribution in [0.25, 0.3) is 0 Å². The average Bonchev–Trinajstić information content (AvgIpc) is 2.91. The number of unbranched alkanes of at least 4 members (excludes halogenated alkanes) is 2. The molecule has 0 spiro atoms. The van der Waals surface area contributed by atoms with Crippen molar-refractivity contribution >= 4 is 45.6 Å². The van der Waals surface area contributed by atoms with E-state index in [-0.39, 0.29) is 29.2 Å². The van der Waals surface area contributed by atoms with E-state index in [0.717, 1.165) is 45.2 Å². The predicted octanol–water partition coefficient (Wildman–Crippen LogP) is 4.40. The van der Waals surface area contributed by atoms with Crippen molar-refractivity contribution in [3.8, 4) is 0 Å². The molecule has 1 saturated heterocycles. The third kappa shape index (κ3) is 8.08. The number of nitrogens with one attached hydrogen (secondary N) is 3. The summed E-state index contributed by atoms with van der Waals surface area (Å²) in [5.74, 6) is 0.562. The first-order valence-corrected chi connectivity index (χ1v) is 14.0. The summed E-state index contributed by atoms with van der Waals surface area (Å²) < 4.78 is 42.0. The maximum absolute atomic E-state index is 13.6. The molecule has 9 nitrogen and oxygen atoms in total. The van der Waals surface area contributed by atoms with Gasteiger partial charge in [-0.25, -0.2) is 17.8 Å². The van der Waals surface area contributed by atoms with E-state index in [4.69, 9.17) is 5.73 Å². The van der Waals surface area contributed by atoms with Crippen molar-refractivity contribution in [2.24, 2.45) is 5.73 Å². The Hall–Kier alpha value is -2.83. The minimum atomic E-state index is -3.64. The molecule has 0 radical (unpaired) electrons. The minimum Gasteiger partial charge on any atom is -0.340 e. The highest BCUT2D eigenvalue weighted by molar-refractivity contribution is 7.89. The van der Waals surface area contributed by atoms with E-state index in [1.807, 2.05) is 0 Å². The second-order valence-electron chi connectivity index (χ2n) is 8.99. The highest BCUT2D eigenvalue weighted by Gasteiger charge is 2.31. The zero-order valence-electron chi connectivity index (χ0n) is 21.1. The van der Waals surface area contributed by atoms with Gasteiger partial charge in [0.25, 0.3) is 0 Å². The number of nitrogens with two attached hydrogens (primary N) is 1. The average molecular weight is 564 g/mol. The van der Waals surface area contributed by atoms with Crippen LogP contribution in [0.3, 0.4) is 0 Å².